The van der Waals surface area contributed by atoms with E-state index in [1.165, 1.54) is 12.1 Å². The second kappa shape index (κ2) is 5.35. The molecule has 0 spiro atoms. The highest BCUT2D eigenvalue weighted by Gasteiger charge is 2.13. The molecule has 0 aliphatic heterocycles. The van der Waals surface area contributed by atoms with Crippen molar-refractivity contribution in [2.75, 3.05) is 16.8 Å². The topological polar surface area (TPSA) is 66.4 Å². The number of aromatic hydroxyl groups is 1. The molecule has 0 aliphatic rings. The van der Waals surface area contributed by atoms with Crippen LogP contribution in [0.1, 0.15) is 13.8 Å². The van der Waals surface area contributed by atoms with Crippen molar-refractivity contribution in [2.24, 2.45) is 0 Å². The Bertz CT molecular complexity index is 487. The Balaban J connectivity index is 2.68. The van der Waals surface area contributed by atoms with E-state index in [0.717, 1.165) is 6.07 Å². The molecule has 0 radical (unpaired) electrons. The summed E-state index contributed by atoms with van der Waals surface area (Å²) in [5.74, 6) is -1.08. The van der Waals surface area contributed by atoms with Crippen molar-refractivity contribution in [3.63, 3.8) is 0 Å². The van der Waals surface area contributed by atoms with Crippen LogP contribution in [0.5, 0.6) is 5.75 Å². The summed E-state index contributed by atoms with van der Waals surface area (Å²) in [4.78, 5) is 0. The Kier molecular flexibility index (Phi) is 4.34. The highest BCUT2D eigenvalue weighted by atomic mass is 32.2. The minimum atomic E-state index is -3.06. The Labute approximate surface area is 100 Å². The maximum absolute atomic E-state index is 13.0. The number of rotatable bonds is 5. The van der Waals surface area contributed by atoms with Crippen LogP contribution in [0.15, 0.2) is 18.2 Å². The van der Waals surface area contributed by atoms with Gasteiger partial charge in [0, 0.05) is 23.5 Å². The van der Waals surface area contributed by atoms with Crippen LogP contribution in [0.3, 0.4) is 0 Å². The second-order valence-corrected chi connectivity index (χ2v) is 6.31. The molecule has 0 saturated heterocycles. The standard InChI is InChI=1S/C11H16FNO3S/c1-3-17(15,16)7-8(2)13-9-4-5-11(14)10(12)6-9/h4-6,8,13-14H,3,7H2,1-2H3. The predicted molar refractivity (Wildman–Crippen MR) is 65.5 cm³/mol. The summed E-state index contributed by atoms with van der Waals surface area (Å²) < 4.78 is 35.8. The highest BCUT2D eigenvalue weighted by Crippen LogP contribution is 2.20. The molecule has 0 saturated carbocycles. The Hall–Kier alpha value is -1.30. The Morgan fingerprint density at radius 3 is 2.65 bits per heavy atom. The van der Waals surface area contributed by atoms with Gasteiger partial charge in [-0.2, -0.15) is 0 Å². The largest absolute Gasteiger partial charge is 0.505 e. The van der Waals surface area contributed by atoms with Crippen LogP contribution >= 0.6 is 0 Å². The summed E-state index contributed by atoms with van der Waals surface area (Å²) in [6.07, 6.45) is 0. The molecule has 6 heteroatoms. The van der Waals surface area contributed by atoms with Gasteiger partial charge in [0.2, 0.25) is 0 Å². The number of sulfone groups is 1. The summed E-state index contributed by atoms with van der Waals surface area (Å²) in [5.41, 5.74) is 0.444. The normalized spacial score (nSPS) is 13.4. The van der Waals surface area contributed by atoms with Crippen molar-refractivity contribution < 1.29 is 17.9 Å². The molecule has 4 nitrogen and oxygen atoms in total. The van der Waals surface area contributed by atoms with Crippen molar-refractivity contribution in [1.29, 1.82) is 0 Å². The van der Waals surface area contributed by atoms with Crippen LogP contribution in [0, 0.1) is 5.82 Å². The maximum Gasteiger partial charge on any atom is 0.166 e. The third kappa shape index (κ3) is 4.22. The van der Waals surface area contributed by atoms with E-state index >= 15 is 0 Å². The zero-order chi connectivity index (χ0) is 13.1. The number of nitrogens with one attached hydrogen (secondary N) is 1. The lowest BCUT2D eigenvalue weighted by Gasteiger charge is -2.15. The average molecular weight is 261 g/mol. The van der Waals surface area contributed by atoms with Crippen LogP contribution in [0.25, 0.3) is 0 Å². The van der Waals surface area contributed by atoms with Crippen molar-refractivity contribution in [3.8, 4) is 5.75 Å². The van der Waals surface area contributed by atoms with Crippen molar-refractivity contribution in [2.45, 2.75) is 19.9 Å². The minimum Gasteiger partial charge on any atom is -0.505 e. The van der Waals surface area contributed by atoms with E-state index in [1.807, 2.05) is 0 Å². The first kappa shape index (κ1) is 13.8. The molecule has 2 N–H and O–H groups in total. The number of anilines is 1. The molecule has 1 aromatic carbocycles. The Morgan fingerprint density at radius 2 is 2.12 bits per heavy atom. The lowest BCUT2D eigenvalue weighted by Crippen LogP contribution is -2.26. The van der Waals surface area contributed by atoms with E-state index in [9.17, 15) is 12.8 Å². The first-order valence-electron chi connectivity index (χ1n) is 5.29. The van der Waals surface area contributed by atoms with E-state index in [4.69, 9.17) is 5.11 Å². The summed E-state index contributed by atoms with van der Waals surface area (Å²) in [5, 5.41) is 11.9. The SMILES string of the molecule is CCS(=O)(=O)CC(C)Nc1ccc(O)c(F)c1. The molecule has 1 unspecified atom stereocenters. The zero-order valence-corrected chi connectivity index (χ0v) is 10.6. The first-order chi connectivity index (χ1) is 7.84. The first-order valence-corrected chi connectivity index (χ1v) is 7.11. The van der Waals surface area contributed by atoms with Crippen LogP contribution in [-0.2, 0) is 9.84 Å². The molecule has 0 aliphatic carbocycles. The van der Waals surface area contributed by atoms with E-state index in [0.29, 0.717) is 5.69 Å². The van der Waals surface area contributed by atoms with Crippen LogP contribution in [0.2, 0.25) is 0 Å². The lowest BCUT2D eigenvalue weighted by molar-refractivity contribution is 0.432. The number of hydrogen-bond donors (Lipinski definition) is 2. The number of hydrogen-bond acceptors (Lipinski definition) is 4. The van der Waals surface area contributed by atoms with E-state index in [-0.39, 0.29) is 17.5 Å². The third-order valence-corrected chi connectivity index (χ3v) is 4.19. The highest BCUT2D eigenvalue weighted by molar-refractivity contribution is 7.91. The summed E-state index contributed by atoms with van der Waals surface area (Å²) in [6.45, 7) is 3.29. The molecular weight excluding hydrogens is 245 g/mol. The fourth-order valence-corrected chi connectivity index (χ4v) is 2.50. The summed E-state index contributed by atoms with van der Waals surface area (Å²) in [7, 11) is -3.06. The fraction of sp³-hybridized carbons (Fsp3) is 0.455. The van der Waals surface area contributed by atoms with Gasteiger partial charge >= 0.3 is 0 Å². The molecule has 0 aromatic heterocycles. The van der Waals surface area contributed by atoms with Crippen LogP contribution in [-0.4, -0.2) is 31.1 Å². The van der Waals surface area contributed by atoms with Crippen molar-refractivity contribution in [3.05, 3.63) is 24.0 Å². The number of benzene rings is 1. The predicted octanol–water partition coefficient (Wildman–Crippen LogP) is 1.77. The van der Waals surface area contributed by atoms with Crippen molar-refractivity contribution >= 4 is 15.5 Å². The van der Waals surface area contributed by atoms with E-state index < -0.39 is 21.4 Å². The maximum atomic E-state index is 13.0. The molecule has 1 atom stereocenters. The van der Waals surface area contributed by atoms with Gasteiger partial charge in [-0.15, -0.1) is 0 Å². The van der Waals surface area contributed by atoms with Gasteiger partial charge in [0.25, 0.3) is 0 Å². The summed E-state index contributed by atoms with van der Waals surface area (Å²) in [6, 6.07) is 3.53. The summed E-state index contributed by atoms with van der Waals surface area (Å²) >= 11 is 0. The molecule has 17 heavy (non-hydrogen) atoms. The van der Waals surface area contributed by atoms with E-state index in [2.05, 4.69) is 5.32 Å². The van der Waals surface area contributed by atoms with Gasteiger partial charge in [-0.1, -0.05) is 6.92 Å². The lowest BCUT2D eigenvalue weighted by atomic mass is 10.2. The van der Waals surface area contributed by atoms with Gasteiger partial charge in [0.15, 0.2) is 21.4 Å². The molecule has 1 rings (SSSR count). The molecule has 96 valence electrons. The quantitative estimate of drug-likeness (QED) is 0.793. The Morgan fingerprint density at radius 1 is 1.47 bits per heavy atom. The molecular formula is C11H16FNO3S. The molecule has 1 aromatic rings. The number of phenolic OH excluding ortho intramolecular Hbond substituents is 1. The van der Waals surface area contributed by atoms with Gasteiger partial charge in [0.05, 0.1) is 5.75 Å². The average Bonchev–Trinajstić information content (AvgIpc) is 2.23. The van der Waals surface area contributed by atoms with Gasteiger partial charge in [-0.3, -0.25) is 0 Å². The van der Waals surface area contributed by atoms with Crippen LogP contribution < -0.4 is 5.32 Å². The second-order valence-electron chi connectivity index (χ2n) is 3.91. The number of halogens is 1. The molecule has 0 fully saturated rings. The number of phenols is 1. The van der Waals surface area contributed by atoms with Crippen molar-refractivity contribution in [1.82, 2.24) is 0 Å². The smallest absolute Gasteiger partial charge is 0.166 e. The third-order valence-electron chi connectivity index (χ3n) is 2.30. The zero-order valence-electron chi connectivity index (χ0n) is 9.77. The monoisotopic (exact) mass is 261 g/mol. The van der Waals surface area contributed by atoms with E-state index in [1.54, 1.807) is 13.8 Å². The minimum absolute atomic E-state index is 0.00794. The molecule has 0 heterocycles. The van der Waals surface area contributed by atoms with Gasteiger partial charge in [-0.05, 0) is 19.1 Å². The van der Waals surface area contributed by atoms with Gasteiger partial charge in [0.1, 0.15) is 0 Å². The van der Waals surface area contributed by atoms with Gasteiger partial charge < -0.3 is 10.4 Å². The van der Waals surface area contributed by atoms with Crippen LogP contribution in [0.4, 0.5) is 10.1 Å². The molecule has 0 bridgehead atoms. The fourth-order valence-electron chi connectivity index (χ4n) is 1.42. The van der Waals surface area contributed by atoms with Gasteiger partial charge in [-0.25, -0.2) is 12.8 Å². The molecule has 0 amide bonds.